The van der Waals surface area contributed by atoms with Crippen molar-refractivity contribution in [3.63, 3.8) is 0 Å². The molecule has 2 rings (SSSR count). The normalized spacial score (nSPS) is 26.5. The fraction of sp³-hybridized carbons (Fsp3) is 0.545. The predicted octanol–water partition coefficient (Wildman–Crippen LogP) is 1.28. The summed E-state index contributed by atoms with van der Waals surface area (Å²) in [5, 5.41) is 0. The molecule has 2 heterocycles. The molecule has 1 aromatic rings. The largest absolute Gasteiger partial charge is 0.379 e. The zero-order valence-electron chi connectivity index (χ0n) is 8.76. The average molecular weight is 209 g/mol. The van der Waals surface area contributed by atoms with Crippen LogP contribution >= 0.6 is 0 Å². The molecule has 0 spiro atoms. The van der Waals surface area contributed by atoms with Crippen LogP contribution in [0.15, 0.2) is 18.3 Å². The molecule has 2 unspecified atom stereocenters. The lowest BCUT2D eigenvalue weighted by molar-refractivity contribution is -0.0603. The third-order valence-electron chi connectivity index (χ3n) is 2.86. The van der Waals surface area contributed by atoms with Crippen LogP contribution in [-0.4, -0.2) is 37.3 Å². The van der Waals surface area contributed by atoms with Crippen LogP contribution in [0.1, 0.15) is 23.0 Å². The second-order valence-electron chi connectivity index (χ2n) is 3.66. The first kappa shape index (κ1) is 10.4. The van der Waals surface area contributed by atoms with Crippen molar-refractivity contribution in [3.05, 3.63) is 24.0 Å². The standard InChI is InChI=1S/C11H15NO3/c1-14-11-8-15-6-4-10(11)12-5-2-3-9(12)7-13/h2-3,5,7,10-11H,4,6,8H2,1H3. The molecule has 82 valence electrons. The second kappa shape index (κ2) is 4.59. The first-order chi connectivity index (χ1) is 7.36. The summed E-state index contributed by atoms with van der Waals surface area (Å²) < 4.78 is 12.7. The van der Waals surface area contributed by atoms with Gasteiger partial charge in [-0.1, -0.05) is 0 Å². The molecule has 0 aliphatic carbocycles. The number of hydrogen-bond donors (Lipinski definition) is 0. The number of carbonyl (C=O) groups is 1. The van der Waals surface area contributed by atoms with Crippen molar-refractivity contribution in [1.82, 2.24) is 4.57 Å². The van der Waals surface area contributed by atoms with Crippen LogP contribution < -0.4 is 0 Å². The van der Waals surface area contributed by atoms with E-state index >= 15 is 0 Å². The van der Waals surface area contributed by atoms with Gasteiger partial charge in [0, 0.05) is 19.9 Å². The Labute approximate surface area is 88.8 Å². The number of carbonyl (C=O) groups excluding carboxylic acids is 1. The highest BCUT2D eigenvalue weighted by Gasteiger charge is 2.27. The van der Waals surface area contributed by atoms with Crippen LogP contribution in [0.3, 0.4) is 0 Å². The van der Waals surface area contributed by atoms with E-state index in [2.05, 4.69) is 0 Å². The third-order valence-corrected chi connectivity index (χ3v) is 2.86. The van der Waals surface area contributed by atoms with Crippen LogP contribution in [0.4, 0.5) is 0 Å². The van der Waals surface area contributed by atoms with E-state index in [0.717, 1.165) is 19.3 Å². The van der Waals surface area contributed by atoms with Crippen molar-refractivity contribution in [1.29, 1.82) is 0 Å². The van der Waals surface area contributed by atoms with E-state index in [4.69, 9.17) is 9.47 Å². The van der Waals surface area contributed by atoms with Crippen molar-refractivity contribution >= 4 is 6.29 Å². The maximum Gasteiger partial charge on any atom is 0.166 e. The van der Waals surface area contributed by atoms with Gasteiger partial charge in [0.05, 0.1) is 18.3 Å². The number of aromatic nitrogens is 1. The fourth-order valence-electron chi connectivity index (χ4n) is 2.05. The van der Waals surface area contributed by atoms with Crippen LogP contribution in [0.2, 0.25) is 0 Å². The average Bonchev–Trinajstić information content (AvgIpc) is 2.76. The maximum absolute atomic E-state index is 10.8. The number of aldehydes is 1. The fourth-order valence-corrected chi connectivity index (χ4v) is 2.05. The third kappa shape index (κ3) is 1.96. The first-order valence-electron chi connectivity index (χ1n) is 5.09. The minimum absolute atomic E-state index is 0.0323. The van der Waals surface area contributed by atoms with E-state index in [1.165, 1.54) is 0 Å². The molecule has 1 aromatic heterocycles. The van der Waals surface area contributed by atoms with Crippen LogP contribution in [0, 0.1) is 0 Å². The monoisotopic (exact) mass is 209 g/mol. The smallest absolute Gasteiger partial charge is 0.166 e. The molecule has 1 aliphatic heterocycles. The Bertz CT molecular complexity index is 334. The lowest BCUT2D eigenvalue weighted by Gasteiger charge is -2.32. The predicted molar refractivity (Wildman–Crippen MR) is 55.1 cm³/mol. The summed E-state index contributed by atoms with van der Waals surface area (Å²) in [4.78, 5) is 10.8. The van der Waals surface area contributed by atoms with E-state index in [1.807, 2.05) is 22.9 Å². The molecule has 1 fully saturated rings. The summed E-state index contributed by atoms with van der Waals surface area (Å²) >= 11 is 0. The molecule has 4 heteroatoms. The van der Waals surface area contributed by atoms with Crippen LogP contribution in [0.5, 0.6) is 0 Å². The minimum atomic E-state index is 0.0323. The SMILES string of the molecule is COC1COCCC1n1cccc1C=O. The molecule has 0 bridgehead atoms. The van der Waals surface area contributed by atoms with E-state index < -0.39 is 0 Å². The van der Waals surface area contributed by atoms with Gasteiger partial charge in [0.15, 0.2) is 6.29 Å². The summed E-state index contributed by atoms with van der Waals surface area (Å²) in [6.45, 7) is 1.32. The van der Waals surface area contributed by atoms with E-state index in [1.54, 1.807) is 7.11 Å². The Morgan fingerprint density at radius 3 is 3.27 bits per heavy atom. The zero-order chi connectivity index (χ0) is 10.7. The van der Waals surface area contributed by atoms with Crippen molar-refractivity contribution in [2.75, 3.05) is 20.3 Å². The molecule has 4 nitrogen and oxygen atoms in total. The van der Waals surface area contributed by atoms with Crippen LogP contribution in [0.25, 0.3) is 0 Å². The van der Waals surface area contributed by atoms with Crippen molar-refractivity contribution in [2.45, 2.75) is 18.6 Å². The lowest BCUT2D eigenvalue weighted by Crippen LogP contribution is -2.36. The number of methoxy groups -OCH3 is 1. The molecular weight excluding hydrogens is 194 g/mol. The van der Waals surface area contributed by atoms with Gasteiger partial charge in [0.2, 0.25) is 0 Å². The summed E-state index contributed by atoms with van der Waals surface area (Å²) in [5.41, 5.74) is 0.698. The first-order valence-corrected chi connectivity index (χ1v) is 5.09. The lowest BCUT2D eigenvalue weighted by atomic mass is 10.1. The number of nitrogens with zero attached hydrogens (tertiary/aromatic N) is 1. The molecule has 0 N–H and O–H groups in total. The molecule has 15 heavy (non-hydrogen) atoms. The van der Waals surface area contributed by atoms with Gasteiger partial charge in [0.25, 0.3) is 0 Å². The maximum atomic E-state index is 10.8. The number of ether oxygens (including phenoxy) is 2. The van der Waals surface area contributed by atoms with Crippen molar-refractivity contribution in [3.8, 4) is 0 Å². The van der Waals surface area contributed by atoms with Crippen LogP contribution in [-0.2, 0) is 9.47 Å². The minimum Gasteiger partial charge on any atom is -0.379 e. The Morgan fingerprint density at radius 1 is 1.67 bits per heavy atom. The molecule has 0 aromatic carbocycles. The van der Waals surface area contributed by atoms with E-state index in [9.17, 15) is 4.79 Å². The Morgan fingerprint density at radius 2 is 2.53 bits per heavy atom. The second-order valence-corrected chi connectivity index (χ2v) is 3.66. The van der Waals surface area contributed by atoms with Gasteiger partial charge in [0.1, 0.15) is 6.10 Å². The zero-order valence-corrected chi connectivity index (χ0v) is 8.76. The van der Waals surface area contributed by atoms with Gasteiger partial charge in [-0.05, 0) is 18.6 Å². The molecule has 1 saturated heterocycles. The highest BCUT2D eigenvalue weighted by Crippen LogP contribution is 2.24. The highest BCUT2D eigenvalue weighted by molar-refractivity contribution is 5.72. The molecule has 0 amide bonds. The molecule has 1 aliphatic rings. The molecular formula is C11H15NO3. The summed E-state index contributed by atoms with van der Waals surface area (Å²) in [5.74, 6) is 0. The summed E-state index contributed by atoms with van der Waals surface area (Å²) in [6, 6.07) is 3.90. The summed E-state index contributed by atoms with van der Waals surface area (Å²) in [6.07, 6.45) is 3.71. The van der Waals surface area contributed by atoms with Gasteiger partial charge >= 0.3 is 0 Å². The Hall–Kier alpha value is -1.13. The van der Waals surface area contributed by atoms with Gasteiger partial charge in [-0.3, -0.25) is 4.79 Å². The summed E-state index contributed by atoms with van der Waals surface area (Å²) in [7, 11) is 1.68. The van der Waals surface area contributed by atoms with Gasteiger partial charge in [-0.2, -0.15) is 0 Å². The number of rotatable bonds is 3. The van der Waals surface area contributed by atoms with Crippen molar-refractivity contribution < 1.29 is 14.3 Å². The highest BCUT2D eigenvalue weighted by atomic mass is 16.5. The molecule has 2 atom stereocenters. The topological polar surface area (TPSA) is 40.5 Å². The van der Waals surface area contributed by atoms with Crippen molar-refractivity contribution in [2.24, 2.45) is 0 Å². The van der Waals surface area contributed by atoms with Gasteiger partial charge in [-0.25, -0.2) is 0 Å². The quantitative estimate of drug-likeness (QED) is 0.704. The number of hydrogen-bond acceptors (Lipinski definition) is 3. The van der Waals surface area contributed by atoms with E-state index in [0.29, 0.717) is 12.3 Å². The Balaban J connectivity index is 2.23. The molecule has 0 radical (unpaired) electrons. The molecule has 0 saturated carbocycles. The van der Waals surface area contributed by atoms with Gasteiger partial charge in [-0.15, -0.1) is 0 Å². The Kier molecular flexibility index (Phi) is 3.18. The van der Waals surface area contributed by atoms with Gasteiger partial charge < -0.3 is 14.0 Å². The van der Waals surface area contributed by atoms with E-state index in [-0.39, 0.29) is 12.1 Å².